The number of hydrogen-bond donors (Lipinski definition) is 1. The molecule has 0 heterocycles. The van der Waals surface area contributed by atoms with Crippen LogP contribution in [0.3, 0.4) is 0 Å². The van der Waals surface area contributed by atoms with E-state index in [2.05, 4.69) is 74.6 Å². The zero-order chi connectivity index (χ0) is 14.4. The SMILES string of the molecule is CCNC(Cc1ccc(C)cc1)c1cccc(CC)c1. The van der Waals surface area contributed by atoms with E-state index in [0.29, 0.717) is 6.04 Å². The topological polar surface area (TPSA) is 12.0 Å². The lowest BCUT2D eigenvalue weighted by Gasteiger charge is -2.19. The summed E-state index contributed by atoms with van der Waals surface area (Å²) in [5, 5.41) is 3.61. The van der Waals surface area contributed by atoms with E-state index >= 15 is 0 Å². The predicted molar refractivity (Wildman–Crippen MR) is 87.1 cm³/mol. The van der Waals surface area contributed by atoms with Crippen molar-refractivity contribution in [1.29, 1.82) is 0 Å². The molecule has 0 saturated carbocycles. The van der Waals surface area contributed by atoms with Gasteiger partial charge in [0.05, 0.1) is 0 Å². The summed E-state index contributed by atoms with van der Waals surface area (Å²) in [4.78, 5) is 0. The molecule has 1 heteroatoms. The van der Waals surface area contributed by atoms with Crippen LogP contribution in [-0.4, -0.2) is 6.54 Å². The Kier molecular flexibility index (Phi) is 5.37. The summed E-state index contributed by atoms with van der Waals surface area (Å²) < 4.78 is 0. The largest absolute Gasteiger partial charge is 0.310 e. The van der Waals surface area contributed by atoms with Gasteiger partial charge in [-0.3, -0.25) is 0 Å². The number of hydrogen-bond acceptors (Lipinski definition) is 1. The minimum atomic E-state index is 0.397. The van der Waals surface area contributed by atoms with Gasteiger partial charge in [0.15, 0.2) is 0 Å². The summed E-state index contributed by atoms with van der Waals surface area (Å²) in [7, 11) is 0. The van der Waals surface area contributed by atoms with Crippen LogP contribution in [0.2, 0.25) is 0 Å². The second-order valence-corrected chi connectivity index (χ2v) is 5.40. The molecule has 2 aromatic carbocycles. The molecule has 0 spiro atoms. The molecule has 1 N–H and O–H groups in total. The maximum absolute atomic E-state index is 3.61. The van der Waals surface area contributed by atoms with Gasteiger partial charge in [-0.25, -0.2) is 0 Å². The maximum Gasteiger partial charge on any atom is 0.0360 e. The van der Waals surface area contributed by atoms with Crippen LogP contribution in [0.25, 0.3) is 0 Å². The number of benzene rings is 2. The molecule has 0 aromatic heterocycles. The van der Waals surface area contributed by atoms with E-state index in [0.717, 1.165) is 19.4 Å². The molecule has 0 aliphatic carbocycles. The molecule has 0 bridgehead atoms. The van der Waals surface area contributed by atoms with Gasteiger partial charge < -0.3 is 5.32 Å². The van der Waals surface area contributed by atoms with Gasteiger partial charge >= 0.3 is 0 Å². The first kappa shape index (κ1) is 14.8. The minimum absolute atomic E-state index is 0.397. The van der Waals surface area contributed by atoms with E-state index in [1.807, 2.05) is 0 Å². The van der Waals surface area contributed by atoms with Crippen molar-refractivity contribution in [3.63, 3.8) is 0 Å². The van der Waals surface area contributed by atoms with Gasteiger partial charge in [0, 0.05) is 6.04 Å². The summed E-state index contributed by atoms with van der Waals surface area (Å²) >= 11 is 0. The van der Waals surface area contributed by atoms with Crippen molar-refractivity contribution in [3.8, 4) is 0 Å². The van der Waals surface area contributed by atoms with Crippen molar-refractivity contribution in [1.82, 2.24) is 5.32 Å². The highest BCUT2D eigenvalue weighted by atomic mass is 14.9. The monoisotopic (exact) mass is 267 g/mol. The van der Waals surface area contributed by atoms with Crippen LogP contribution in [0.5, 0.6) is 0 Å². The van der Waals surface area contributed by atoms with E-state index in [1.54, 1.807) is 0 Å². The standard InChI is InChI=1S/C19H25N/c1-4-16-7-6-8-18(13-16)19(20-5-2)14-17-11-9-15(3)10-12-17/h6-13,19-20H,4-5,14H2,1-3H3. The van der Waals surface area contributed by atoms with Crippen LogP contribution in [0.4, 0.5) is 0 Å². The second-order valence-electron chi connectivity index (χ2n) is 5.40. The van der Waals surface area contributed by atoms with E-state index in [4.69, 9.17) is 0 Å². The third kappa shape index (κ3) is 3.94. The normalized spacial score (nSPS) is 12.3. The highest BCUT2D eigenvalue weighted by Gasteiger charge is 2.11. The molecule has 0 radical (unpaired) electrons. The Bertz CT molecular complexity index is 528. The minimum Gasteiger partial charge on any atom is -0.310 e. The molecular formula is C19H25N. The third-order valence-electron chi connectivity index (χ3n) is 3.77. The molecule has 20 heavy (non-hydrogen) atoms. The van der Waals surface area contributed by atoms with Gasteiger partial charge in [0.25, 0.3) is 0 Å². The van der Waals surface area contributed by atoms with Crippen molar-refractivity contribution in [2.24, 2.45) is 0 Å². The molecule has 2 rings (SSSR count). The van der Waals surface area contributed by atoms with E-state index < -0.39 is 0 Å². The molecule has 0 aliphatic rings. The molecule has 1 unspecified atom stereocenters. The van der Waals surface area contributed by atoms with Crippen molar-refractivity contribution in [2.45, 2.75) is 39.7 Å². The average molecular weight is 267 g/mol. The third-order valence-corrected chi connectivity index (χ3v) is 3.77. The Morgan fingerprint density at radius 1 is 0.950 bits per heavy atom. The Labute approximate surface area is 123 Å². The lowest BCUT2D eigenvalue weighted by Crippen LogP contribution is -2.23. The molecule has 0 amide bonds. The lowest BCUT2D eigenvalue weighted by atomic mass is 9.96. The van der Waals surface area contributed by atoms with E-state index in [1.165, 1.54) is 22.3 Å². The van der Waals surface area contributed by atoms with Crippen LogP contribution >= 0.6 is 0 Å². The smallest absolute Gasteiger partial charge is 0.0360 e. The fourth-order valence-corrected chi connectivity index (χ4v) is 2.54. The van der Waals surface area contributed by atoms with Crippen molar-refractivity contribution in [2.75, 3.05) is 6.54 Å². The highest BCUT2D eigenvalue weighted by molar-refractivity contribution is 5.29. The fraction of sp³-hybridized carbons (Fsp3) is 0.368. The van der Waals surface area contributed by atoms with Gasteiger partial charge in [-0.15, -0.1) is 0 Å². The molecule has 106 valence electrons. The van der Waals surface area contributed by atoms with Crippen molar-refractivity contribution < 1.29 is 0 Å². The number of likely N-dealkylation sites (N-methyl/N-ethyl adjacent to an activating group) is 1. The number of aryl methyl sites for hydroxylation is 2. The van der Waals surface area contributed by atoms with Gasteiger partial charge in [-0.1, -0.05) is 67.9 Å². The summed E-state index contributed by atoms with van der Waals surface area (Å²) in [6.07, 6.45) is 2.14. The summed E-state index contributed by atoms with van der Waals surface area (Å²) in [5.41, 5.74) is 5.52. The molecule has 0 aliphatic heterocycles. The summed E-state index contributed by atoms with van der Waals surface area (Å²) in [6.45, 7) is 7.51. The van der Waals surface area contributed by atoms with Crippen LogP contribution in [-0.2, 0) is 12.8 Å². The number of rotatable bonds is 6. The predicted octanol–water partition coefficient (Wildman–Crippen LogP) is 4.45. The molecule has 0 fully saturated rings. The first-order chi connectivity index (χ1) is 9.72. The fourth-order valence-electron chi connectivity index (χ4n) is 2.54. The number of nitrogens with one attached hydrogen (secondary N) is 1. The van der Waals surface area contributed by atoms with Crippen molar-refractivity contribution >= 4 is 0 Å². The van der Waals surface area contributed by atoms with E-state index in [-0.39, 0.29) is 0 Å². The summed E-state index contributed by atoms with van der Waals surface area (Å²) in [6, 6.07) is 18.2. The molecular weight excluding hydrogens is 242 g/mol. The van der Waals surface area contributed by atoms with Crippen LogP contribution in [0.1, 0.15) is 42.1 Å². The van der Waals surface area contributed by atoms with Crippen molar-refractivity contribution in [3.05, 3.63) is 70.8 Å². The molecule has 1 atom stereocenters. The first-order valence-corrected chi connectivity index (χ1v) is 7.60. The Morgan fingerprint density at radius 2 is 1.70 bits per heavy atom. The van der Waals surface area contributed by atoms with Gasteiger partial charge in [0.1, 0.15) is 0 Å². The van der Waals surface area contributed by atoms with Crippen LogP contribution < -0.4 is 5.32 Å². The van der Waals surface area contributed by atoms with Crippen LogP contribution in [0, 0.1) is 6.92 Å². The van der Waals surface area contributed by atoms with Gasteiger partial charge in [0.2, 0.25) is 0 Å². The second kappa shape index (κ2) is 7.25. The highest BCUT2D eigenvalue weighted by Crippen LogP contribution is 2.20. The Hall–Kier alpha value is -1.60. The summed E-state index contributed by atoms with van der Waals surface area (Å²) in [5.74, 6) is 0. The maximum atomic E-state index is 3.61. The van der Waals surface area contributed by atoms with Gasteiger partial charge in [-0.05, 0) is 43.0 Å². The lowest BCUT2D eigenvalue weighted by molar-refractivity contribution is 0.549. The first-order valence-electron chi connectivity index (χ1n) is 7.60. The zero-order valence-corrected chi connectivity index (χ0v) is 12.8. The Balaban J connectivity index is 2.19. The molecule has 0 saturated heterocycles. The average Bonchev–Trinajstić information content (AvgIpc) is 2.49. The van der Waals surface area contributed by atoms with E-state index in [9.17, 15) is 0 Å². The molecule has 1 nitrogen and oxygen atoms in total. The zero-order valence-electron chi connectivity index (χ0n) is 12.8. The van der Waals surface area contributed by atoms with Crippen LogP contribution in [0.15, 0.2) is 48.5 Å². The molecule has 2 aromatic rings. The van der Waals surface area contributed by atoms with Gasteiger partial charge in [-0.2, -0.15) is 0 Å². The quantitative estimate of drug-likeness (QED) is 0.815. The Morgan fingerprint density at radius 3 is 2.35 bits per heavy atom.